The fraction of sp³-hybridized carbons (Fsp3) is 0.522. The lowest BCUT2D eigenvalue weighted by Gasteiger charge is -2.31. The molecule has 1 unspecified atom stereocenters. The first-order valence-electron chi connectivity index (χ1n) is 10.3. The maximum atomic E-state index is 13.0. The number of aliphatic hydroxyl groups is 1. The summed E-state index contributed by atoms with van der Waals surface area (Å²) in [5.41, 5.74) is 0.478. The lowest BCUT2D eigenvalue weighted by molar-refractivity contribution is -0.140. The fourth-order valence-electron chi connectivity index (χ4n) is 2.79. The topological polar surface area (TPSA) is 108 Å². The van der Waals surface area contributed by atoms with Crippen molar-refractivity contribution in [2.45, 2.75) is 52.2 Å². The summed E-state index contributed by atoms with van der Waals surface area (Å²) >= 11 is 0. The van der Waals surface area contributed by atoms with E-state index in [2.05, 4.69) is 16.6 Å². The van der Waals surface area contributed by atoms with E-state index in [-0.39, 0.29) is 25.6 Å². The third-order valence-corrected chi connectivity index (χ3v) is 4.23. The van der Waals surface area contributed by atoms with Crippen molar-refractivity contribution >= 4 is 17.9 Å². The molecule has 0 spiro atoms. The summed E-state index contributed by atoms with van der Waals surface area (Å²) < 4.78 is 5.14. The summed E-state index contributed by atoms with van der Waals surface area (Å²) in [5, 5.41) is 14.8. The molecule has 0 aromatic heterocycles. The van der Waals surface area contributed by atoms with Crippen molar-refractivity contribution in [3.8, 4) is 12.3 Å². The number of carbonyl (C=O) groups is 3. The number of terminal acetylenes is 1. The van der Waals surface area contributed by atoms with Crippen molar-refractivity contribution in [1.29, 1.82) is 0 Å². The number of rotatable bonds is 10. The Morgan fingerprint density at radius 1 is 1.19 bits per heavy atom. The van der Waals surface area contributed by atoms with Gasteiger partial charge in [0.25, 0.3) is 0 Å². The Labute approximate surface area is 184 Å². The highest BCUT2D eigenvalue weighted by atomic mass is 16.6. The Balaban J connectivity index is 3.09. The number of aliphatic hydroxyl groups excluding tert-OH is 1. The number of nitrogens with zero attached hydrogens (tertiary/aromatic N) is 1. The lowest BCUT2D eigenvalue weighted by atomic mass is 10.0. The van der Waals surface area contributed by atoms with Gasteiger partial charge in [-0.05, 0) is 44.9 Å². The number of benzene rings is 1. The van der Waals surface area contributed by atoms with Gasteiger partial charge in [-0.15, -0.1) is 6.42 Å². The van der Waals surface area contributed by atoms with Gasteiger partial charge in [0.15, 0.2) is 0 Å². The number of hydrogen-bond donors (Lipinski definition) is 3. The van der Waals surface area contributed by atoms with Crippen LogP contribution in [-0.4, -0.2) is 59.8 Å². The summed E-state index contributed by atoms with van der Waals surface area (Å²) in [7, 11) is 0. The van der Waals surface area contributed by atoms with Gasteiger partial charge in [0.1, 0.15) is 18.2 Å². The van der Waals surface area contributed by atoms with E-state index in [9.17, 15) is 19.5 Å². The molecule has 0 bridgehead atoms. The van der Waals surface area contributed by atoms with Crippen molar-refractivity contribution in [1.82, 2.24) is 15.5 Å². The summed E-state index contributed by atoms with van der Waals surface area (Å²) in [4.78, 5) is 39.0. The Morgan fingerprint density at radius 2 is 1.84 bits per heavy atom. The van der Waals surface area contributed by atoms with E-state index in [0.717, 1.165) is 12.8 Å². The molecule has 8 heteroatoms. The van der Waals surface area contributed by atoms with Crippen LogP contribution in [0.3, 0.4) is 0 Å². The summed E-state index contributed by atoms with van der Waals surface area (Å²) in [6.45, 7) is 6.79. The minimum absolute atomic E-state index is 0.0857. The first-order chi connectivity index (χ1) is 14.6. The monoisotopic (exact) mass is 431 g/mol. The minimum Gasteiger partial charge on any atom is -0.444 e. The maximum Gasteiger partial charge on any atom is 0.408 e. The minimum atomic E-state index is -0.983. The van der Waals surface area contributed by atoms with Crippen molar-refractivity contribution in [3.05, 3.63) is 35.4 Å². The van der Waals surface area contributed by atoms with Crippen LogP contribution in [0.4, 0.5) is 4.79 Å². The molecule has 0 fully saturated rings. The molecule has 170 valence electrons. The molecule has 3 N–H and O–H groups in total. The second-order valence-corrected chi connectivity index (χ2v) is 7.98. The smallest absolute Gasteiger partial charge is 0.408 e. The van der Waals surface area contributed by atoms with E-state index in [1.165, 1.54) is 4.90 Å². The van der Waals surface area contributed by atoms with Gasteiger partial charge in [-0.25, -0.2) is 4.79 Å². The van der Waals surface area contributed by atoms with Crippen LogP contribution < -0.4 is 10.6 Å². The van der Waals surface area contributed by atoms with Gasteiger partial charge in [-0.2, -0.15) is 0 Å². The molecule has 8 nitrogen and oxygen atoms in total. The number of amides is 3. The lowest BCUT2D eigenvalue weighted by Crippen LogP contribution is -2.48. The van der Waals surface area contributed by atoms with Gasteiger partial charge in [-0.1, -0.05) is 31.4 Å². The molecule has 0 radical (unpaired) electrons. The van der Waals surface area contributed by atoms with Crippen LogP contribution >= 0.6 is 0 Å². The molecule has 1 aromatic carbocycles. The second-order valence-electron chi connectivity index (χ2n) is 7.98. The third-order valence-electron chi connectivity index (χ3n) is 4.23. The van der Waals surface area contributed by atoms with E-state index in [4.69, 9.17) is 11.2 Å². The summed E-state index contributed by atoms with van der Waals surface area (Å²) in [5.74, 6) is 1.61. The first-order valence-corrected chi connectivity index (χ1v) is 10.3. The van der Waals surface area contributed by atoms with E-state index in [1.54, 1.807) is 45.0 Å². The standard InChI is InChI=1S/C23H33N3O5/c1-6-8-13-24-21(29)20(18-11-9-17(7-2)10-12-18)26(14-15-27)19(28)16-25-22(30)31-23(3,4)5/h2,9-12,20,27H,6,8,13-16H2,1,3-5H3,(H,24,29)(H,25,30). The summed E-state index contributed by atoms with van der Waals surface area (Å²) in [6.07, 6.45) is 6.36. The normalized spacial score (nSPS) is 11.7. The number of carbonyl (C=O) groups excluding carboxylic acids is 3. The van der Waals surface area contributed by atoms with Crippen molar-refractivity contribution in [2.75, 3.05) is 26.2 Å². The van der Waals surface area contributed by atoms with Gasteiger partial charge in [0, 0.05) is 18.7 Å². The van der Waals surface area contributed by atoms with Crippen molar-refractivity contribution in [2.24, 2.45) is 0 Å². The molecule has 0 saturated heterocycles. The van der Waals surface area contributed by atoms with Crippen LogP contribution in [0, 0.1) is 12.3 Å². The van der Waals surface area contributed by atoms with Gasteiger partial charge in [-0.3, -0.25) is 9.59 Å². The molecule has 0 aliphatic rings. The summed E-state index contributed by atoms with van der Waals surface area (Å²) in [6, 6.07) is 5.74. The predicted molar refractivity (Wildman–Crippen MR) is 118 cm³/mol. The molecule has 0 saturated carbocycles. The molecular formula is C23H33N3O5. The van der Waals surface area contributed by atoms with Crippen LogP contribution in [0.1, 0.15) is 57.7 Å². The fourth-order valence-corrected chi connectivity index (χ4v) is 2.79. The van der Waals surface area contributed by atoms with Gasteiger partial charge < -0.3 is 25.4 Å². The zero-order chi connectivity index (χ0) is 23.4. The molecule has 1 atom stereocenters. The highest BCUT2D eigenvalue weighted by Gasteiger charge is 2.31. The van der Waals surface area contributed by atoms with Gasteiger partial charge in [0.2, 0.25) is 11.8 Å². The van der Waals surface area contributed by atoms with Gasteiger partial charge >= 0.3 is 6.09 Å². The molecule has 31 heavy (non-hydrogen) atoms. The average molecular weight is 432 g/mol. The first kappa shape index (κ1) is 26.0. The molecule has 0 aliphatic carbocycles. The highest BCUT2D eigenvalue weighted by Crippen LogP contribution is 2.22. The molecule has 1 rings (SSSR count). The highest BCUT2D eigenvalue weighted by molar-refractivity contribution is 5.90. The number of nitrogens with one attached hydrogen (secondary N) is 2. The molecule has 0 heterocycles. The predicted octanol–water partition coefficient (Wildman–Crippen LogP) is 1.97. The maximum absolute atomic E-state index is 13.0. The Bertz CT molecular complexity index is 778. The Kier molecular flexibility index (Phi) is 10.6. The number of unbranched alkanes of at least 4 members (excludes halogenated alkanes) is 1. The average Bonchev–Trinajstić information content (AvgIpc) is 2.71. The van der Waals surface area contributed by atoms with E-state index < -0.39 is 23.6 Å². The number of hydrogen-bond acceptors (Lipinski definition) is 5. The van der Waals surface area contributed by atoms with Crippen LogP contribution in [0.15, 0.2) is 24.3 Å². The quantitative estimate of drug-likeness (QED) is 0.388. The Morgan fingerprint density at radius 3 is 2.35 bits per heavy atom. The second kappa shape index (κ2) is 12.6. The van der Waals surface area contributed by atoms with Crippen LogP contribution in [0.5, 0.6) is 0 Å². The largest absolute Gasteiger partial charge is 0.444 e. The van der Waals surface area contributed by atoms with Crippen molar-refractivity contribution in [3.63, 3.8) is 0 Å². The number of ether oxygens (including phenoxy) is 1. The van der Waals surface area contributed by atoms with Crippen molar-refractivity contribution < 1.29 is 24.2 Å². The molecule has 3 amide bonds. The van der Waals surface area contributed by atoms with Gasteiger partial charge in [0.05, 0.1) is 6.61 Å². The third kappa shape index (κ3) is 9.09. The molecule has 0 aliphatic heterocycles. The number of alkyl carbamates (subject to hydrolysis) is 1. The van der Waals surface area contributed by atoms with E-state index in [1.807, 2.05) is 6.92 Å². The molecular weight excluding hydrogens is 398 g/mol. The zero-order valence-corrected chi connectivity index (χ0v) is 18.7. The van der Waals surface area contributed by atoms with E-state index in [0.29, 0.717) is 17.7 Å². The zero-order valence-electron chi connectivity index (χ0n) is 18.7. The van der Waals surface area contributed by atoms with Crippen LogP contribution in [-0.2, 0) is 14.3 Å². The van der Waals surface area contributed by atoms with E-state index >= 15 is 0 Å². The van der Waals surface area contributed by atoms with Crippen LogP contribution in [0.25, 0.3) is 0 Å². The molecule has 1 aromatic rings. The SMILES string of the molecule is C#Cc1ccc(C(C(=O)NCCCC)N(CCO)C(=O)CNC(=O)OC(C)(C)C)cc1. The van der Waals surface area contributed by atoms with Crippen LogP contribution in [0.2, 0.25) is 0 Å². The Hall–Kier alpha value is -3.05.